The molecular weight excluding hydrogens is 366 g/mol. The van der Waals surface area contributed by atoms with Crippen LogP contribution in [-0.2, 0) is 10.0 Å². The predicted molar refractivity (Wildman–Crippen MR) is 98.0 cm³/mol. The lowest BCUT2D eigenvalue weighted by Crippen LogP contribution is -2.28. The molecule has 3 heterocycles. The van der Waals surface area contributed by atoms with E-state index in [0.717, 1.165) is 17.7 Å². The van der Waals surface area contributed by atoms with Crippen LogP contribution in [0.15, 0.2) is 41.4 Å². The first-order valence-corrected chi connectivity index (χ1v) is 10.1. The van der Waals surface area contributed by atoms with E-state index in [1.165, 1.54) is 25.2 Å². The molecule has 0 aliphatic carbocycles. The minimum absolute atomic E-state index is 0.0998. The van der Waals surface area contributed by atoms with Gasteiger partial charge in [0.15, 0.2) is 0 Å². The van der Waals surface area contributed by atoms with Crippen LogP contribution >= 0.6 is 0 Å². The number of sulfonamides is 1. The molecule has 2 amide bonds. The molecule has 1 aromatic carbocycles. The van der Waals surface area contributed by atoms with Crippen LogP contribution in [0.4, 0.5) is 0 Å². The van der Waals surface area contributed by atoms with Crippen LogP contribution < -0.4 is 0 Å². The Labute approximate surface area is 157 Å². The Kier molecular flexibility index (Phi) is 4.03. The SMILES string of the molecule is Cc1cccnc1C1CCN(C(=O)c2ccc3c(c2)S(=O)(=O)N(C)C3=O)C1. The third-order valence-electron chi connectivity index (χ3n) is 5.30. The number of fused-ring (bicyclic) bond motifs is 1. The maximum Gasteiger partial charge on any atom is 0.268 e. The minimum atomic E-state index is -3.87. The van der Waals surface area contributed by atoms with Crippen LogP contribution in [0.1, 0.15) is 44.3 Å². The molecule has 1 fully saturated rings. The number of carbonyl (C=O) groups is 2. The second-order valence-electron chi connectivity index (χ2n) is 6.93. The summed E-state index contributed by atoms with van der Waals surface area (Å²) in [5.41, 5.74) is 2.48. The number of pyridine rings is 1. The number of aryl methyl sites for hydroxylation is 1. The standard InChI is InChI=1S/C19H19N3O4S/c1-12-4-3-8-20-17(12)14-7-9-22(11-14)18(23)13-5-6-15-16(10-13)27(25,26)21(2)19(15)24/h3-6,8,10,14H,7,9,11H2,1-2H3. The van der Waals surface area contributed by atoms with Gasteiger partial charge in [0, 0.05) is 43.5 Å². The molecule has 2 aliphatic rings. The normalized spacial score (nSPS) is 20.8. The summed E-state index contributed by atoms with van der Waals surface area (Å²) in [4.78, 5) is 31.0. The van der Waals surface area contributed by atoms with E-state index in [4.69, 9.17) is 0 Å². The summed E-state index contributed by atoms with van der Waals surface area (Å²) >= 11 is 0. The number of nitrogens with zero attached hydrogens (tertiary/aromatic N) is 3. The molecule has 2 aliphatic heterocycles. The van der Waals surface area contributed by atoms with Crippen LogP contribution in [0, 0.1) is 6.92 Å². The van der Waals surface area contributed by atoms with Crippen LogP contribution in [0.3, 0.4) is 0 Å². The van der Waals surface area contributed by atoms with Gasteiger partial charge in [-0.25, -0.2) is 12.7 Å². The van der Waals surface area contributed by atoms with Crippen molar-refractivity contribution < 1.29 is 18.0 Å². The van der Waals surface area contributed by atoms with E-state index in [1.807, 2.05) is 19.1 Å². The van der Waals surface area contributed by atoms with Crippen molar-refractivity contribution in [1.82, 2.24) is 14.2 Å². The average molecular weight is 385 g/mol. The summed E-state index contributed by atoms with van der Waals surface area (Å²) in [6.45, 7) is 3.13. The van der Waals surface area contributed by atoms with Crippen molar-refractivity contribution in [3.8, 4) is 0 Å². The summed E-state index contributed by atoms with van der Waals surface area (Å²) < 4.78 is 25.4. The molecule has 0 N–H and O–H groups in total. The van der Waals surface area contributed by atoms with E-state index < -0.39 is 15.9 Å². The molecule has 0 bridgehead atoms. The molecule has 4 rings (SSSR count). The molecule has 7 nitrogen and oxygen atoms in total. The Morgan fingerprint density at radius 2 is 2.04 bits per heavy atom. The van der Waals surface area contributed by atoms with E-state index in [9.17, 15) is 18.0 Å². The van der Waals surface area contributed by atoms with E-state index in [-0.39, 0.29) is 27.8 Å². The Morgan fingerprint density at radius 1 is 1.26 bits per heavy atom. The van der Waals surface area contributed by atoms with E-state index in [2.05, 4.69) is 4.98 Å². The number of amides is 2. The lowest BCUT2D eigenvalue weighted by molar-refractivity contribution is 0.0789. The molecule has 2 aromatic rings. The van der Waals surface area contributed by atoms with Crippen LogP contribution in [0.25, 0.3) is 0 Å². The summed E-state index contributed by atoms with van der Waals surface area (Å²) in [5.74, 6) is -0.636. The van der Waals surface area contributed by atoms with Gasteiger partial charge in [-0.1, -0.05) is 6.07 Å². The van der Waals surface area contributed by atoms with Crippen molar-refractivity contribution in [3.63, 3.8) is 0 Å². The summed E-state index contributed by atoms with van der Waals surface area (Å²) in [7, 11) is -2.65. The van der Waals surface area contributed by atoms with Gasteiger partial charge in [0.05, 0.1) is 5.56 Å². The Bertz CT molecular complexity index is 1060. The molecular formula is C19H19N3O4S. The molecule has 0 spiro atoms. The molecule has 1 aromatic heterocycles. The minimum Gasteiger partial charge on any atom is -0.338 e. The first-order valence-electron chi connectivity index (χ1n) is 8.69. The summed E-state index contributed by atoms with van der Waals surface area (Å²) in [5, 5.41) is 0. The number of carbonyl (C=O) groups excluding carboxylic acids is 2. The van der Waals surface area contributed by atoms with Gasteiger partial charge in [-0.3, -0.25) is 14.6 Å². The number of hydrogen-bond donors (Lipinski definition) is 0. The van der Waals surface area contributed by atoms with Gasteiger partial charge in [-0.15, -0.1) is 0 Å². The van der Waals surface area contributed by atoms with Crippen molar-refractivity contribution in [2.24, 2.45) is 0 Å². The Morgan fingerprint density at radius 3 is 2.78 bits per heavy atom. The number of aromatic nitrogens is 1. The molecule has 27 heavy (non-hydrogen) atoms. The smallest absolute Gasteiger partial charge is 0.268 e. The predicted octanol–water partition coefficient (Wildman–Crippen LogP) is 1.79. The van der Waals surface area contributed by atoms with Crippen molar-refractivity contribution in [3.05, 3.63) is 58.9 Å². The third kappa shape index (κ3) is 2.71. The van der Waals surface area contributed by atoms with E-state index in [0.29, 0.717) is 17.4 Å². The van der Waals surface area contributed by atoms with Crippen molar-refractivity contribution >= 4 is 21.8 Å². The Hall–Kier alpha value is -2.74. The van der Waals surface area contributed by atoms with Crippen molar-refractivity contribution in [2.75, 3.05) is 20.1 Å². The average Bonchev–Trinajstić information content (AvgIpc) is 3.21. The number of likely N-dealkylation sites (tertiary alicyclic amines) is 1. The van der Waals surface area contributed by atoms with Crippen LogP contribution in [-0.4, -0.2) is 54.6 Å². The molecule has 0 radical (unpaired) electrons. The highest BCUT2D eigenvalue weighted by molar-refractivity contribution is 7.90. The summed E-state index contributed by atoms with van der Waals surface area (Å²) in [6.07, 6.45) is 2.57. The van der Waals surface area contributed by atoms with E-state index in [1.54, 1.807) is 11.1 Å². The van der Waals surface area contributed by atoms with Gasteiger partial charge < -0.3 is 4.90 Å². The lowest BCUT2D eigenvalue weighted by Gasteiger charge is -2.17. The third-order valence-corrected chi connectivity index (χ3v) is 7.08. The summed E-state index contributed by atoms with van der Waals surface area (Å²) in [6, 6.07) is 8.15. The number of benzene rings is 1. The lowest BCUT2D eigenvalue weighted by atomic mass is 10.0. The number of rotatable bonds is 2. The molecule has 0 saturated carbocycles. The molecule has 1 unspecified atom stereocenters. The van der Waals surface area contributed by atoms with Gasteiger partial charge in [0.1, 0.15) is 4.90 Å². The van der Waals surface area contributed by atoms with Gasteiger partial charge >= 0.3 is 0 Å². The topological polar surface area (TPSA) is 87.7 Å². The second kappa shape index (κ2) is 6.16. The fraction of sp³-hybridized carbons (Fsp3) is 0.316. The van der Waals surface area contributed by atoms with Crippen LogP contribution in [0.2, 0.25) is 0 Å². The van der Waals surface area contributed by atoms with Gasteiger partial charge in [-0.2, -0.15) is 0 Å². The molecule has 8 heteroatoms. The zero-order chi connectivity index (χ0) is 19.3. The monoisotopic (exact) mass is 385 g/mol. The quantitative estimate of drug-likeness (QED) is 0.787. The maximum atomic E-state index is 12.9. The van der Waals surface area contributed by atoms with Crippen molar-refractivity contribution in [1.29, 1.82) is 0 Å². The fourth-order valence-corrected chi connectivity index (χ4v) is 5.07. The zero-order valence-electron chi connectivity index (χ0n) is 15.0. The highest BCUT2D eigenvalue weighted by Gasteiger charge is 2.39. The highest BCUT2D eigenvalue weighted by atomic mass is 32.2. The molecule has 1 saturated heterocycles. The fourth-order valence-electron chi connectivity index (χ4n) is 3.75. The Balaban J connectivity index is 1.60. The first-order chi connectivity index (χ1) is 12.8. The highest BCUT2D eigenvalue weighted by Crippen LogP contribution is 2.32. The number of hydrogen-bond acceptors (Lipinski definition) is 5. The van der Waals surface area contributed by atoms with Gasteiger partial charge in [-0.05, 0) is 43.2 Å². The van der Waals surface area contributed by atoms with Gasteiger partial charge in [0.25, 0.3) is 21.8 Å². The first kappa shape index (κ1) is 17.7. The maximum absolute atomic E-state index is 12.9. The largest absolute Gasteiger partial charge is 0.338 e. The van der Waals surface area contributed by atoms with Crippen molar-refractivity contribution in [2.45, 2.75) is 24.2 Å². The molecule has 140 valence electrons. The van der Waals surface area contributed by atoms with Crippen LogP contribution in [0.5, 0.6) is 0 Å². The van der Waals surface area contributed by atoms with Gasteiger partial charge in [0.2, 0.25) is 0 Å². The van der Waals surface area contributed by atoms with E-state index >= 15 is 0 Å². The zero-order valence-corrected chi connectivity index (χ0v) is 15.9. The second-order valence-corrected chi connectivity index (χ2v) is 8.87. The molecule has 1 atom stereocenters.